The number of nitrogens with one attached hydrogen (secondary N) is 1. The van der Waals surface area contributed by atoms with Crippen molar-refractivity contribution < 1.29 is 33.4 Å². The number of ether oxygens (including phenoxy) is 3. The van der Waals surface area contributed by atoms with E-state index in [4.69, 9.17) is 19.9 Å². The minimum atomic E-state index is -1.25. The van der Waals surface area contributed by atoms with E-state index in [1.807, 2.05) is 6.07 Å². The zero-order valence-electron chi connectivity index (χ0n) is 21.8. The van der Waals surface area contributed by atoms with Crippen LogP contribution in [0.4, 0.5) is 10.7 Å². The molecule has 0 aliphatic heterocycles. The third-order valence-corrected chi connectivity index (χ3v) is 4.72. The molecule has 1 aromatic carbocycles. The van der Waals surface area contributed by atoms with Crippen LogP contribution in [0.5, 0.6) is 0 Å². The van der Waals surface area contributed by atoms with Gasteiger partial charge in [-0.15, -0.1) is 0 Å². The Labute approximate surface area is 219 Å². The van der Waals surface area contributed by atoms with Crippen LogP contribution in [-0.2, 0) is 41.7 Å². The molecule has 13 heteroatoms. The highest BCUT2D eigenvalue weighted by Gasteiger charge is 2.28. The first-order chi connectivity index (χ1) is 17.9. The van der Waals surface area contributed by atoms with E-state index >= 15 is 0 Å². The van der Waals surface area contributed by atoms with Crippen molar-refractivity contribution in [2.24, 2.45) is 5.73 Å². The average Bonchev–Trinajstić information content (AvgIpc) is 2.83. The number of hydrogen-bond donors (Lipinski definition) is 2. The highest BCUT2D eigenvalue weighted by molar-refractivity contribution is 5.85. The van der Waals surface area contributed by atoms with Crippen LogP contribution >= 0.6 is 0 Å². The van der Waals surface area contributed by atoms with Crippen molar-refractivity contribution in [1.82, 2.24) is 14.5 Å². The minimum absolute atomic E-state index is 0.0292. The van der Waals surface area contributed by atoms with Gasteiger partial charge in [-0.2, -0.15) is 4.98 Å². The van der Waals surface area contributed by atoms with Gasteiger partial charge in [-0.25, -0.2) is 4.79 Å². The summed E-state index contributed by atoms with van der Waals surface area (Å²) in [5.41, 5.74) is 5.22. The molecule has 1 unspecified atom stereocenters. The summed E-state index contributed by atoms with van der Waals surface area (Å²) in [7, 11) is 0. The molecule has 0 aliphatic carbocycles. The van der Waals surface area contributed by atoms with Gasteiger partial charge in [0.15, 0.2) is 0 Å². The molecule has 1 atom stereocenters. The van der Waals surface area contributed by atoms with Crippen molar-refractivity contribution in [1.29, 1.82) is 0 Å². The normalized spacial score (nSPS) is 11.7. The molecule has 206 valence electrons. The van der Waals surface area contributed by atoms with Gasteiger partial charge in [0.05, 0.1) is 6.61 Å². The molecule has 0 saturated heterocycles. The van der Waals surface area contributed by atoms with Crippen LogP contribution in [-0.4, -0.2) is 69.7 Å². The predicted octanol–water partition coefficient (Wildman–Crippen LogP) is 1.05. The second-order valence-electron chi connectivity index (χ2n) is 9.12. The van der Waals surface area contributed by atoms with Crippen molar-refractivity contribution in [3.63, 3.8) is 0 Å². The van der Waals surface area contributed by atoms with Gasteiger partial charge < -0.3 is 29.4 Å². The molecule has 0 spiro atoms. The summed E-state index contributed by atoms with van der Waals surface area (Å²) in [6.45, 7) is 5.38. The number of benzene rings is 1. The molecule has 3 N–H and O–H groups in total. The van der Waals surface area contributed by atoms with Crippen LogP contribution in [0.25, 0.3) is 0 Å². The van der Waals surface area contributed by atoms with E-state index in [1.165, 1.54) is 10.8 Å². The molecule has 2 aromatic rings. The summed E-state index contributed by atoms with van der Waals surface area (Å²) in [6, 6.07) is 8.77. The summed E-state index contributed by atoms with van der Waals surface area (Å²) in [6.07, 6.45) is 0.347. The van der Waals surface area contributed by atoms with Crippen molar-refractivity contribution in [3.8, 4) is 0 Å². The maximum Gasteiger partial charge on any atom is 0.414 e. The average molecular weight is 532 g/mol. The van der Waals surface area contributed by atoms with E-state index < -0.39 is 54.2 Å². The Kier molecular flexibility index (Phi) is 10.9. The maximum absolute atomic E-state index is 13.2. The molecule has 0 bridgehead atoms. The standard InChI is InChI=1S/C25H33N5O8/c1-5-36-21(33)15-30(13-18(26)22(34)38-25(2,3)4)20(32)14-29-12-11-19(31)27-23(29)28-24(35)37-16-17-9-7-6-8-10-17/h6-12,18H,5,13-16,26H2,1-4H3,(H,27,28,31,35). The molecule has 1 aromatic heterocycles. The van der Waals surface area contributed by atoms with Crippen LogP contribution in [0.1, 0.15) is 33.3 Å². The number of anilines is 1. The third-order valence-electron chi connectivity index (χ3n) is 4.72. The lowest BCUT2D eigenvalue weighted by atomic mass is 10.2. The molecular weight excluding hydrogens is 498 g/mol. The molecule has 0 fully saturated rings. The van der Waals surface area contributed by atoms with Gasteiger partial charge in [0.2, 0.25) is 11.9 Å². The quantitative estimate of drug-likeness (QED) is 0.315. The molecule has 38 heavy (non-hydrogen) atoms. The van der Waals surface area contributed by atoms with Gasteiger partial charge in [0.25, 0.3) is 5.56 Å². The van der Waals surface area contributed by atoms with Gasteiger partial charge >= 0.3 is 18.0 Å². The second kappa shape index (κ2) is 13.9. The topological polar surface area (TPSA) is 172 Å². The Morgan fingerprint density at radius 3 is 2.42 bits per heavy atom. The van der Waals surface area contributed by atoms with E-state index in [9.17, 15) is 24.0 Å². The Hall–Kier alpha value is -4.26. The summed E-state index contributed by atoms with van der Waals surface area (Å²) in [4.78, 5) is 66.6. The van der Waals surface area contributed by atoms with Gasteiger partial charge in [-0.1, -0.05) is 30.3 Å². The molecule has 13 nitrogen and oxygen atoms in total. The Morgan fingerprint density at radius 1 is 1.11 bits per heavy atom. The number of carbonyl (C=O) groups excluding carboxylic acids is 4. The Morgan fingerprint density at radius 2 is 1.79 bits per heavy atom. The number of carbonyl (C=O) groups is 4. The number of hydrogen-bond acceptors (Lipinski definition) is 10. The van der Waals surface area contributed by atoms with E-state index in [1.54, 1.807) is 52.0 Å². The highest BCUT2D eigenvalue weighted by Crippen LogP contribution is 2.10. The third kappa shape index (κ3) is 10.4. The first-order valence-electron chi connectivity index (χ1n) is 11.8. The maximum atomic E-state index is 13.2. The van der Waals surface area contributed by atoms with E-state index in [2.05, 4.69) is 10.3 Å². The van der Waals surface area contributed by atoms with E-state index in [-0.39, 0.29) is 25.7 Å². The van der Waals surface area contributed by atoms with E-state index in [0.29, 0.717) is 0 Å². The first kappa shape index (κ1) is 30.0. The largest absolute Gasteiger partial charge is 0.465 e. The van der Waals surface area contributed by atoms with Crippen LogP contribution in [0.3, 0.4) is 0 Å². The summed E-state index contributed by atoms with van der Waals surface area (Å²) < 4.78 is 16.5. The number of nitrogens with zero attached hydrogens (tertiary/aromatic N) is 3. The zero-order chi connectivity index (χ0) is 28.3. The first-order valence-corrected chi connectivity index (χ1v) is 11.8. The molecule has 0 radical (unpaired) electrons. The molecule has 2 rings (SSSR count). The monoisotopic (exact) mass is 531 g/mol. The van der Waals surface area contributed by atoms with Gasteiger partial charge in [0, 0.05) is 18.8 Å². The zero-order valence-corrected chi connectivity index (χ0v) is 21.8. The summed E-state index contributed by atoms with van der Waals surface area (Å²) >= 11 is 0. The van der Waals surface area contributed by atoms with Gasteiger partial charge in [0.1, 0.15) is 31.3 Å². The highest BCUT2D eigenvalue weighted by atomic mass is 16.6. The summed E-state index contributed by atoms with van der Waals surface area (Å²) in [5, 5.41) is 2.34. The number of nitrogens with two attached hydrogens (primary N) is 1. The molecule has 0 saturated carbocycles. The van der Waals surface area contributed by atoms with Gasteiger partial charge in [-0.3, -0.25) is 24.5 Å². The number of amides is 2. The lowest BCUT2D eigenvalue weighted by Crippen LogP contribution is -2.49. The predicted molar refractivity (Wildman–Crippen MR) is 136 cm³/mol. The van der Waals surface area contributed by atoms with Crippen LogP contribution in [0, 0.1) is 0 Å². The minimum Gasteiger partial charge on any atom is -0.465 e. The van der Waals surface area contributed by atoms with Crippen LogP contribution in [0.2, 0.25) is 0 Å². The van der Waals surface area contributed by atoms with Crippen LogP contribution < -0.4 is 16.6 Å². The lowest BCUT2D eigenvalue weighted by Gasteiger charge is -2.27. The Bertz CT molecular complexity index is 1180. The van der Waals surface area contributed by atoms with Crippen molar-refractivity contribution in [2.45, 2.75) is 52.5 Å². The van der Waals surface area contributed by atoms with E-state index in [0.717, 1.165) is 16.5 Å². The van der Waals surface area contributed by atoms with Crippen molar-refractivity contribution in [2.75, 3.05) is 25.0 Å². The fraction of sp³-hybridized carbons (Fsp3) is 0.440. The number of esters is 2. The molecule has 1 heterocycles. The lowest BCUT2D eigenvalue weighted by molar-refractivity contribution is -0.158. The molecule has 0 aliphatic rings. The number of rotatable bonds is 11. The fourth-order valence-corrected chi connectivity index (χ4v) is 3.06. The fourth-order valence-electron chi connectivity index (χ4n) is 3.06. The SMILES string of the molecule is CCOC(=O)CN(CC(N)C(=O)OC(C)(C)C)C(=O)Cn1ccc(=O)nc1NC(=O)OCc1ccccc1. The number of aromatic nitrogens is 2. The van der Waals surface area contributed by atoms with Crippen molar-refractivity contribution >= 4 is 29.9 Å². The summed E-state index contributed by atoms with van der Waals surface area (Å²) in [5.74, 6) is -2.38. The van der Waals surface area contributed by atoms with Crippen molar-refractivity contribution in [3.05, 3.63) is 58.5 Å². The Balaban J connectivity index is 2.16. The van der Waals surface area contributed by atoms with Crippen LogP contribution in [0.15, 0.2) is 47.4 Å². The molecule has 2 amide bonds. The molecular formula is C25H33N5O8. The van der Waals surface area contributed by atoms with Gasteiger partial charge in [-0.05, 0) is 33.3 Å². The second-order valence-corrected chi connectivity index (χ2v) is 9.12. The smallest absolute Gasteiger partial charge is 0.414 e.